The molecule has 0 aliphatic carbocycles. The van der Waals surface area contributed by atoms with Crippen molar-refractivity contribution in [3.63, 3.8) is 0 Å². The van der Waals surface area contributed by atoms with Gasteiger partial charge in [-0.3, -0.25) is 0 Å². The monoisotopic (exact) mass is 326 g/mol. The van der Waals surface area contributed by atoms with Crippen LogP contribution < -0.4 is 0 Å². The van der Waals surface area contributed by atoms with Gasteiger partial charge in [-0.2, -0.15) is 0 Å². The van der Waals surface area contributed by atoms with Crippen LogP contribution in [0.4, 0.5) is 0 Å². The Morgan fingerprint density at radius 1 is 1.00 bits per heavy atom. The number of halogens is 1. The Morgan fingerprint density at radius 2 is 1.74 bits per heavy atom. The van der Waals surface area contributed by atoms with Gasteiger partial charge in [0.15, 0.2) is 13.8 Å². The third kappa shape index (κ3) is 2.69. The summed E-state index contributed by atoms with van der Waals surface area (Å²) in [6.07, 6.45) is 1.98. The molecule has 4 nitrogen and oxygen atoms in total. The normalized spacial score (nSPS) is 11.1. The number of aromatic nitrogens is 4. The summed E-state index contributed by atoms with van der Waals surface area (Å²) in [7, 11) is 0. The van der Waals surface area contributed by atoms with Crippen LogP contribution in [0.25, 0.3) is 10.8 Å². The summed E-state index contributed by atoms with van der Waals surface area (Å²) >= 11 is 10.6. The summed E-state index contributed by atoms with van der Waals surface area (Å²) in [4.78, 5) is 0. The van der Waals surface area contributed by atoms with Crippen molar-refractivity contribution < 1.29 is 0 Å². The van der Waals surface area contributed by atoms with E-state index in [2.05, 4.69) is 20.4 Å². The highest BCUT2D eigenvalue weighted by atomic mass is 35.5. The average Bonchev–Trinajstić information content (AvgIpc) is 2.90. The molecule has 8 heteroatoms. The molecule has 1 aromatic carbocycles. The van der Waals surface area contributed by atoms with E-state index in [-0.39, 0.29) is 0 Å². The van der Waals surface area contributed by atoms with Gasteiger partial charge in [0.1, 0.15) is 5.03 Å². The van der Waals surface area contributed by atoms with Gasteiger partial charge < -0.3 is 0 Å². The maximum Gasteiger partial charge on any atom is 0.181 e. The highest BCUT2D eigenvalue weighted by Gasteiger charge is 2.11. The van der Waals surface area contributed by atoms with Crippen LogP contribution in [0.2, 0.25) is 5.15 Å². The topological polar surface area (TPSA) is 51.6 Å². The average molecular weight is 327 g/mol. The molecule has 0 radical (unpaired) electrons. The minimum absolute atomic E-state index is 0.419. The third-order valence-electron chi connectivity index (χ3n) is 2.35. The molecule has 0 fully saturated rings. The minimum Gasteiger partial charge on any atom is -0.141 e. The van der Waals surface area contributed by atoms with E-state index in [9.17, 15) is 0 Å². The fourth-order valence-electron chi connectivity index (χ4n) is 1.53. The molecule has 0 unspecified atom stereocenters. The van der Waals surface area contributed by atoms with Crippen molar-refractivity contribution in [1.82, 2.24) is 20.4 Å². The Bertz CT molecular complexity index is 731. The smallest absolute Gasteiger partial charge is 0.141 e. The molecule has 0 atom stereocenters. The molecule has 3 rings (SSSR count). The number of hydrogen-bond donors (Lipinski definition) is 0. The lowest BCUT2D eigenvalue weighted by molar-refractivity contribution is 0.937. The van der Waals surface area contributed by atoms with Gasteiger partial charge in [0, 0.05) is 10.8 Å². The second kappa shape index (κ2) is 5.62. The quantitative estimate of drug-likeness (QED) is 0.678. The number of benzene rings is 1. The third-order valence-corrected chi connectivity index (χ3v) is 5.58. The van der Waals surface area contributed by atoms with Gasteiger partial charge in [-0.25, -0.2) is 0 Å². The van der Waals surface area contributed by atoms with Crippen LogP contribution in [0.15, 0.2) is 38.0 Å². The minimum atomic E-state index is 0.419. The lowest BCUT2D eigenvalue weighted by Crippen LogP contribution is -1.89. The number of nitrogens with zero attached hydrogens (tertiary/aromatic N) is 4. The predicted octanol–water partition coefficient (Wildman–Crippen LogP) is 4.01. The molecule has 0 saturated heterocycles. The Morgan fingerprint density at radius 3 is 2.47 bits per heavy atom. The lowest BCUT2D eigenvalue weighted by atomic mass is 10.2. The summed E-state index contributed by atoms with van der Waals surface area (Å²) < 4.78 is 1.79. The van der Waals surface area contributed by atoms with Crippen molar-refractivity contribution >= 4 is 57.2 Å². The van der Waals surface area contributed by atoms with Gasteiger partial charge in [0.2, 0.25) is 0 Å². The molecule has 2 aromatic heterocycles. The number of fused-ring (bicyclic) bond motifs is 1. The molecule has 0 bridgehead atoms. The van der Waals surface area contributed by atoms with Crippen LogP contribution in [-0.4, -0.2) is 26.7 Å². The van der Waals surface area contributed by atoms with E-state index in [0.29, 0.717) is 5.15 Å². The Balaban J connectivity index is 2.03. The molecule has 0 N–H and O–H groups in total. The van der Waals surface area contributed by atoms with Crippen LogP contribution in [0.1, 0.15) is 0 Å². The van der Waals surface area contributed by atoms with Gasteiger partial charge in [0.25, 0.3) is 0 Å². The zero-order valence-electron chi connectivity index (χ0n) is 9.70. The van der Waals surface area contributed by atoms with Crippen LogP contribution >= 0.6 is 46.5 Å². The van der Waals surface area contributed by atoms with Crippen molar-refractivity contribution in [2.45, 2.75) is 13.7 Å². The first-order valence-corrected chi connectivity index (χ1v) is 8.48. The molecule has 2 heterocycles. The molecular formula is C11H7ClN4S3. The molecule has 3 aromatic rings. The molecule has 96 valence electrons. The SMILES string of the molecule is CSc1nnc(Sc2nnc(Cl)c3ccccc23)s1. The van der Waals surface area contributed by atoms with E-state index in [0.717, 1.165) is 24.5 Å². The Hall–Kier alpha value is -0.890. The van der Waals surface area contributed by atoms with Gasteiger partial charge in [0.05, 0.1) is 0 Å². The number of thioether (sulfide) groups is 1. The Kier molecular flexibility index (Phi) is 3.88. The van der Waals surface area contributed by atoms with E-state index < -0.39 is 0 Å². The van der Waals surface area contributed by atoms with E-state index in [1.807, 2.05) is 30.5 Å². The van der Waals surface area contributed by atoms with E-state index in [1.165, 1.54) is 11.8 Å². The van der Waals surface area contributed by atoms with Gasteiger partial charge in [-0.1, -0.05) is 59.0 Å². The zero-order valence-corrected chi connectivity index (χ0v) is 12.9. The number of hydrogen-bond acceptors (Lipinski definition) is 7. The van der Waals surface area contributed by atoms with Crippen molar-refractivity contribution in [3.8, 4) is 0 Å². The highest BCUT2D eigenvalue weighted by molar-refractivity contribution is 8.03. The standard InChI is InChI=1S/C11H7ClN4S3/c1-17-10-15-16-11(19-10)18-9-7-5-3-2-4-6(7)8(12)13-14-9/h2-5H,1H3. The molecule has 0 amide bonds. The Labute approximate surface area is 127 Å². The van der Waals surface area contributed by atoms with Gasteiger partial charge in [-0.15, -0.1) is 20.4 Å². The zero-order chi connectivity index (χ0) is 13.2. The molecule has 0 aliphatic heterocycles. The highest BCUT2D eigenvalue weighted by Crippen LogP contribution is 2.36. The summed E-state index contributed by atoms with van der Waals surface area (Å²) in [6.45, 7) is 0. The van der Waals surface area contributed by atoms with Crippen LogP contribution in [0, 0.1) is 0 Å². The van der Waals surface area contributed by atoms with Gasteiger partial charge in [-0.05, 0) is 18.0 Å². The van der Waals surface area contributed by atoms with E-state index >= 15 is 0 Å². The summed E-state index contributed by atoms with van der Waals surface area (Å²) in [5.74, 6) is 0. The maximum atomic E-state index is 6.05. The van der Waals surface area contributed by atoms with E-state index in [4.69, 9.17) is 11.6 Å². The number of rotatable bonds is 3. The summed E-state index contributed by atoms with van der Waals surface area (Å²) in [5, 5.41) is 19.4. The lowest BCUT2D eigenvalue weighted by Gasteiger charge is -2.03. The van der Waals surface area contributed by atoms with Gasteiger partial charge >= 0.3 is 0 Å². The predicted molar refractivity (Wildman–Crippen MR) is 80.4 cm³/mol. The molecule has 0 spiro atoms. The molecule has 19 heavy (non-hydrogen) atoms. The molecule has 0 saturated carbocycles. The maximum absolute atomic E-state index is 6.05. The summed E-state index contributed by atoms with van der Waals surface area (Å²) in [6, 6.07) is 7.80. The van der Waals surface area contributed by atoms with Crippen molar-refractivity contribution in [3.05, 3.63) is 29.4 Å². The van der Waals surface area contributed by atoms with Crippen molar-refractivity contribution in [2.24, 2.45) is 0 Å². The second-order valence-electron chi connectivity index (χ2n) is 3.48. The summed E-state index contributed by atoms with van der Waals surface area (Å²) in [5.41, 5.74) is 0. The van der Waals surface area contributed by atoms with Crippen LogP contribution in [0.5, 0.6) is 0 Å². The molecular weight excluding hydrogens is 320 g/mol. The largest absolute Gasteiger partial charge is 0.181 e. The first kappa shape index (κ1) is 13.1. The fourth-order valence-corrected chi connectivity index (χ4v) is 4.15. The van der Waals surface area contributed by atoms with Crippen LogP contribution in [-0.2, 0) is 0 Å². The van der Waals surface area contributed by atoms with Crippen LogP contribution in [0.3, 0.4) is 0 Å². The fraction of sp³-hybridized carbons (Fsp3) is 0.0909. The van der Waals surface area contributed by atoms with Crippen molar-refractivity contribution in [1.29, 1.82) is 0 Å². The molecule has 0 aliphatic rings. The van der Waals surface area contributed by atoms with Crippen molar-refractivity contribution in [2.75, 3.05) is 6.26 Å². The first-order valence-electron chi connectivity index (χ1n) is 5.24. The van der Waals surface area contributed by atoms with E-state index in [1.54, 1.807) is 23.1 Å². The second-order valence-corrected chi connectivity index (χ2v) is 7.11. The first-order chi connectivity index (χ1) is 9.28.